The summed E-state index contributed by atoms with van der Waals surface area (Å²) in [6.45, 7) is 0. The third kappa shape index (κ3) is 961. The van der Waals surface area contributed by atoms with E-state index < -0.39 is 5.09 Å². The summed E-state index contributed by atoms with van der Waals surface area (Å²) in [7, 11) is 0. The molecule has 0 spiro atoms. The van der Waals surface area contributed by atoms with Crippen molar-refractivity contribution in [1.29, 1.82) is 0 Å². The van der Waals surface area contributed by atoms with E-state index in [1.165, 1.54) is 0 Å². The number of nitrogens with zero attached hydrogens (tertiary/aromatic N) is 1. The predicted molar refractivity (Wildman–Crippen MR) is 52.5 cm³/mol. The zero-order chi connectivity index (χ0) is 3.58. The Morgan fingerprint density at radius 3 is 0.533 bits per heavy atom. The molecule has 0 aromatic heterocycles. The molecule has 0 rings (SSSR count). The highest BCUT2D eigenvalue weighted by molar-refractivity contribution is 4.03. The van der Waals surface area contributed by atoms with Gasteiger partial charge in [-0.1, -0.05) is 0 Å². The van der Waals surface area contributed by atoms with Crippen LogP contribution in [-0.4, -0.2) is 59.8 Å². The smallest absolute Gasteiger partial charge is 0.0689 e. The van der Waals surface area contributed by atoms with Crippen molar-refractivity contribution in [3.8, 4) is 0 Å². The minimum absolute atomic E-state index is 0. The quantitative estimate of drug-likeness (QED) is 0.327. The highest BCUT2D eigenvalue weighted by Gasteiger charge is 1.45. The van der Waals surface area contributed by atoms with Gasteiger partial charge < -0.3 is 76.2 Å². The second kappa shape index (κ2) is 570. The second-order valence-corrected chi connectivity index (χ2v) is 0.224. The van der Waals surface area contributed by atoms with Crippen molar-refractivity contribution < 1.29 is 59.8 Å². The fraction of sp³-hybridized carbons (Fsp3) is 0. The largest absolute Gasteiger partial charge is 0.412 e. The maximum Gasteiger partial charge on any atom is 0.0689 e. The van der Waals surface area contributed by atoms with Gasteiger partial charge in [0.1, 0.15) is 0 Å². The first-order chi connectivity index (χ1) is 1.73. The standard InChI is InChI=1S/NO3.H3N.10H2O/c2-1(3)4;;;;;;;;;;;/h;1H3;10*1H2/q-1;;;;;;;;;;;/p+1. The Kier molecular flexibility index (Phi) is 27500. The van der Waals surface area contributed by atoms with Crippen molar-refractivity contribution in [1.82, 2.24) is 6.15 Å². The molecule has 0 radical (unpaired) electrons. The topological polar surface area (TPSA) is 418 Å². The molecule has 0 aromatic carbocycles. The Morgan fingerprint density at radius 1 is 0.533 bits per heavy atom. The number of hydrogen-bond donors (Lipinski definition) is 1. The van der Waals surface area contributed by atoms with Crippen molar-refractivity contribution in [2.24, 2.45) is 0 Å². The van der Waals surface area contributed by atoms with Crippen LogP contribution < -0.4 is 6.15 Å². The van der Waals surface area contributed by atoms with Crippen LogP contribution in [0.1, 0.15) is 0 Å². The van der Waals surface area contributed by atoms with Gasteiger partial charge in [0.15, 0.2) is 0 Å². The van der Waals surface area contributed by atoms with Crippen LogP contribution in [0, 0.1) is 15.3 Å². The van der Waals surface area contributed by atoms with Crippen LogP contribution in [0.4, 0.5) is 0 Å². The fourth-order valence-corrected chi connectivity index (χ4v) is 0. The number of hydrogen-bond acceptors (Lipinski definition) is 3. The molecule has 0 aliphatic carbocycles. The minimum Gasteiger partial charge on any atom is -0.412 e. The monoisotopic (exact) mass is 260 g/mol. The molecular weight excluding hydrogens is 236 g/mol. The van der Waals surface area contributed by atoms with Crippen molar-refractivity contribution >= 4 is 0 Å². The molecule has 15 heavy (non-hydrogen) atoms. The molecule has 0 saturated carbocycles. The maximum atomic E-state index is 8.25. The van der Waals surface area contributed by atoms with E-state index in [-0.39, 0.29) is 60.9 Å². The minimum atomic E-state index is -1.75. The van der Waals surface area contributed by atoms with Crippen LogP contribution in [0.25, 0.3) is 0 Å². The highest BCUT2D eigenvalue weighted by Crippen LogP contribution is 1.44. The van der Waals surface area contributed by atoms with Crippen molar-refractivity contribution in [3.63, 3.8) is 0 Å². The molecule has 0 heterocycles. The third-order valence-corrected chi connectivity index (χ3v) is 0. The first-order valence-electron chi connectivity index (χ1n) is 0.548. The lowest BCUT2D eigenvalue weighted by Gasteiger charge is -1.74. The average Bonchev–Trinajstić information content (AvgIpc) is 0.811. The van der Waals surface area contributed by atoms with Gasteiger partial charge in [-0.05, 0) is 0 Å². The SMILES string of the molecule is O.O.O.O.O.O.O.O.O.O.O=[N+]([O-])[O-].[NH4+]. The van der Waals surface area contributed by atoms with Crippen LogP contribution in [0.3, 0.4) is 0 Å². The van der Waals surface area contributed by atoms with Crippen LogP contribution >= 0.6 is 0 Å². The predicted octanol–water partition coefficient (Wildman–Crippen LogP) is -8.11. The van der Waals surface area contributed by atoms with E-state index in [1.807, 2.05) is 0 Å². The summed E-state index contributed by atoms with van der Waals surface area (Å²) in [5.74, 6) is 0. The van der Waals surface area contributed by atoms with Gasteiger partial charge in [-0.2, -0.15) is 0 Å². The van der Waals surface area contributed by atoms with Crippen LogP contribution in [0.15, 0.2) is 0 Å². The summed E-state index contributed by atoms with van der Waals surface area (Å²) in [6, 6.07) is 0. The molecule has 0 atom stereocenters. The first kappa shape index (κ1) is 723. The first-order valence-corrected chi connectivity index (χ1v) is 0.548. The van der Waals surface area contributed by atoms with E-state index in [2.05, 4.69) is 0 Å². The molecule has 15 nitrogen and oxygen atoms in total. The van der Waals surface area contributed by atoms with E-state index in [4.69, 9.17) is 15.3 Å². The molecule has 112 valence electrons. The van der Waals surface area contributed by atoms with Gasteiger partial charge in [0.25, 0.3) is 0 Å². The van der Waals surface area contributed by atoms with Gasteiger partial charge >= 0.3 is 0 Å². The Bertz CT molecular complexity index is 31.5. The lowest BCUT2D eigenvalue weighted by atomic mass is 13.1. The Labute approximate surface area is 82.7 Å². The molecule has 0 unspecified atom stereocenters. The molecule has 0 amide bonds. The molecule has 0 aliphatic rings. The molecule has 0 aromatic rings. The van der Waals surface area contributed by atoms with E-state index in [9.17, 15) is 0 Å². The van der Waals surface area contributed by atoms with Crippen molar-refractivity contribution in [2.45, 2.75) is 0 Å². The van der Waals surface area contributed by atoms with E-state index >= 15 is 0 Å². The Morgan fingerprint density at radius 2 is 0.533 bits per heavy atom. The normalized spacial score (nSPS) is 1.60. The van der Waals surface area contributed by atoms with Crippen molar-refractivity contribution in [2.75, 3.05) is 0 Å². The molecule has 24 N–H and O–H groups in total. The lowest BCUT2D eigenvalue weighted by molar-refractivity contribution is -0.402. The Balaban J connectivity index is -0.000000000818. The average molecular weight is 260 g/mol. The van der Waals surface area contributed by atoms with Crippen molar-refractivity contribution in [3.05, 3.63) is 15.3 Å². The number of rotatable bonds is 0. The van der Waals surface area contributed by atoms with Gasteiger partial charge in [0.05, 0.1) is 5.09 Å². The van der Waals surface area contributed by atoms with Crippen LogP contribution in [0.5, 0.6) is 0 Å². The summed E-state index contributed by atoms with van der Waals surface area (Å²) >= 11 is 0. The van der Waals surface area contributed by atoms with E-state index in [1.54, 1.807) is 0 Å². The zero-order valence-electron chi connectivity index (χ0n) is 7.67. The van der Waals surface area contributed by atoms with Crippen LogP contribution in [0.2, 0.25) is 0 Å². The van der Waals surface area contributed by atoms with Gasteiger partial charge in [-0.25, -0.2) is 0 Å². The summed E-state index contributed by atoms with van der Waals surface area (Å²) in [4.78, 5) is 8.25. The highest BCUT2D eigenvalue weighted by atomic mass is 16.9. The van der Waals surface area contributed by atoms with E-state index in [0.717, 1.165) is 0 Å². The maximum absolute atomic E-state index is 8.25. The van der Waals surface area contributed by atoms with Gasteiger partial charge in [-0.15, -0.1) is 0 Å². The molecule has 0 saturated heterocycles. The fourth-order valence-electron chi connectivity index (χ4n) is 0. The second-order valence-electron chi connectivity index (χ2n) is 0.224. The van der Waals surface area contributed by atoms with Gasteiger partial charge in [-0.3, -0.25) is 0 Å². The Hall–Kier alpha value is -1.24. The van der Waals surface area contributed by atoms with Crippen LogP contribution in [-0.2, 0) is 0 Å². The molecular formula is H24N2O13. The molecule has 0 aliphatic heterocycles. The zero-order valence-corrected chi connectivity index (χ0v) is 7.67. The summed E-state index contributed by atoms with van der Waals surface area (Å²) in [5.41, 5.74) is 0. The summed E-state index contributed by atoms with van der Waals surface area (Å²) in [6.07, 6.45) is 0. The number of quaternary nitrogens is 1. The molecule has 0 bridgehead atoms. The summed E-state index contributed by atoms with van der Waals surface area (Å²) < 4.78 is 0. The van der Waals surface area contributed by atoms with Gasteiger partial charge in [0, 0.05) is 0 Å². The third-order valence-electron chi connectivity index (χ3n) is 0. The lowest BCUT2D eigenvalue weighted by Crippen LogP contribution is -1.74. The van der Waals surface area contributed by atoms with E-state index in [0.29, 0.717) is 0 Å². The summed E-state index contributed by atoms with van der Waals surface area (Å²) in [5, 5.41) is 14.8. The molecule has 0 fully saturated rings. The van der Waals surface area contributed by atoms with Gasteiger partial charge in [0.2, 0.25) is 0 Å². The molecule has 15 heteroatoms.